The van der Waals surface area contributed by atoms with Gasteiger partial charge in [0, 0.05) is 0 Å². The van der Waals surface area contributed by atoms with Crippen molar-refractivity contribution in [3.05, 3.63) is 5.82 Å². The predicted molar refractivity (Wildman–Crippen MR) is 62.8 cm³/mol. The van der Waals surface area contributed by atoms with Gasteiger partial charge in [-0.1, -0.05) is 5.21 Å². The van der Waals surface area contributed by atoms with Gasteiger partial charge in [0.15, 0.2) is 5.82 Å². The van der Waals surface area contributed by atoms with Gasteiger partial charge < -0.3 is 15.7 Å². The van der Waals surface area contributed by atoms with E-state index in [4.69, 9.17) is 5.11 Å². The molecule has 2 aliphatic heterocycles. The Morgan fingerprint density at radius 3 is 2.44 bits per heavy atom. The third kappa shape index (κ3) is 3.47. The number of hydrogen-bond acceptors (Lipinski definition) is 6. The van der Waals surface area contributed by atoms with E-state index in [0.29, 0.717) is 6.04 Å². The van der Waals surface area contributed by atoms with E-state index in [0.717, 1.165) is 38.2 Å². The van der Waals surface area contributed by atoms with Gasteiger partial charge in [-0.25, -0.2) is 0 Å². The minimum atomic E-state index is -0.720. The van der Waals surface area contributed by atoms with E-state index in [-0.39, 0.29) is 6.04 Å². The van der Waals surface area contributed by atoms with Crippen LogP contribution in [-0.2, 0) is 4.79 Å². The summed E-state index contributed by atoms with van der Waals surface area (Å²) in [6.07, 6.45) is 4.12. The molecule has 2 saturated heterocycles. The van der Waals surface area contributed by atoms with Crippen LogP contribution in [0.5, 0.6) is 0 Å². The molecule has 2 fully saturated rings. The van der Waals surface area contributed by atoms with Gasteiger partial charge in [-0.2, -0.15) is 5.21 Å². The molecule has 1 aromatic rings. The molecule has 1 aromatic heterocycles. The van der Waals surface area contributed by atoms with E-state index in [1.54, 1.807) is 0 Å². The van der Waals surface area contributed by atoms with Crippen molar-refractivity contribution in [1.29, 1.82) is 0 Å². The molecule has 0 bridgehead atoms. The largest absolute Gasteiger partial charge is 0.480 e. The number of carbonyl (C=O) groups is 1. The molecule has 0 spiro atoms. The maximum atomic E-state index is 10.1. The summed E-state index contributed by atoms with van der Waals surface area (Å²) in [4.78, 5) is 10.1. The minimum Gasteiger partial charge on any atom is -0.480 e. The number of hydrogen-bond donors (Lipinski definition) is 4. The van der Waals surface area contributed by atoms with Crippen molar-refractivity contribution in [3.8, 4) is 0 Å². The second-order valence-electron chi connectivity index (χ2n) is 4.41. The molecular formula is C10H18N6O2. The molecule has 0 aromatic carbocycles. The van der Waals surface area contributed by atoms with Gasteiger partial charge in [0.1, 0.15) is 6.04 Å². The Labute approximate surface area is 105 Å². The maximum absolute atomic E-state index is 10.1. The van der Waals surface area contributed by atoms with Crippen LogP contribution in [0.25, 0.3) is 0 Å². The van der Waals surface area contributed by atoms with Crippen molar-refractivity contribution < 1.29 is 9.90 Å². The van der Waals surface area contributed by atoms with E-state index in [1.165, 1.54) is 6.42 Å². The van der Waals surface area contributed by atoms with Crippen molar-refractivity contribution in [2.45, 2.75) is 37.8 Å². The second kappa shape index (κ2) is 6.41. The van der Waals surface area contributed by atoms with Crippen LogP contribution in [0.2, 0.25) is 0 Å². The average molecular weight is 254 g/mol. The Morgan fingerprint density at radius 2 is 2.00 bits per heavy atom. The molecule has 3 heterocycles. The molecule has 3 rings (SSSR count). The van der Waals surface area contributed by atoms with Gasteiger partial charge in [0.25, 0.3) is 0 Å². The van der Waals surface area contributed by atoms with E-state index in [1.807, 2.05) is 0 Å². The summed E-state index contributed by atoms with van der Waals surface area (Å²) in [5.41, 5.74) is 0. The third-order valence-corrected chi connectivity index (χ3v) is 3.09. The van der Waals surface area contributed by atoms with Crippen LogP contribution in [0, 0.1) is 0 Å². The van der Waals surface area contributed by atoms with Gasteiger partial charge in [-0.05, 0) is 38.8 Å². The number of aromatic nitrogens is 4. The molecule has 0 radical (unpaired) electrons. The molecule has 2 unspecified atom stereocenters. The minimum absolute atomic E-state index is 0.269. The van der Waals surface area contributed by atoms with Crippen molar-refractivity contribution in [2.75, 3.05) is 13.1 Å². The van der Waals surface area contributed by atoms with Crippen molar-refractivity contribution in [2.24, 2.45) is 0 Å². The number of aromatic amines is 1. The van der Waals surface area contributed by atoms with E-state index in [2.05, 4.69) is 31.3 Å². The number of rotatable bonds is 2. The summed E-state index contributed by atoms with van der Waals surface area (Å²) in [5.74, 6) is 0.0694. The van der Waals surface area contributed by atoms with Crippen molar-refractivity contribution in [3.63, 3.8) is 0 Å². The Morgan fingerprint density at radius 1 is 1.22 bits per heavy atom. The first-order valence-electron chi connectivity index (χ1n) is 6.20. The highest BCUT2D eigenvalue weighted by molar-refractivity contribution is 5.73. The van der Waals surface area contributed by atoms with Gasteiger partial charge in [-0.15, -0.1) is 10.2 Å². The number of nitrogens with one attached hydrogen (secondary N) is 3. The molecule has 2 atom stereocenters. The zero-order chi connectivity index (χ0) is 12.8. The Balaban J connectivity index is 0.000000138. The Kier molecular flexibility index (Phi) is 4.59. The van der Waals surface area contributed by atoms with Gasteiger partial charge in [0.05, 0.1) is 6.04 Å². The molecule has 2 aliphatic rings. The van der Waals surface area contributed by atoms with Gasteiger partial charge in [0.2, 0.25) is 0 Å². The summed E-state index contributed by atoms with van der Waals surface area (Å²) in [5, 5.41) is 28.2. The van der Waals surface area contributed by atoms with Crippen LogP contribution in [0.3, 0.4) is 0 Å². The van der Waals surface area contributed by atoms with Crippen LogP contribution >= 0.6 is 0 Å². The fourth-order valence-electron chi connectivity index (χ4n) is 2.12. The molecule has 100 valence electrons. The Hall–Kier alpha value is -1.54. The molecule has 8 heteroatoms. The molecule has 0 saturated carbocycles. The van der Waals surface area contributed by atoms with E-state index < -0.39 is 5.97 Å². The highest BCUT2D eigenvalue weighted by Gasteiger charge is 2.20. The SMILES string of the molecule is C1CNC(c2nn[nH]n2)C1.O=C(O)C1CCCN1. The first-order chi connectivity index (χ1) is 8.77. The first kappa shape index (κ1) is 12.9. The van der Waals surface area contributed by atoms with Crippen LogP contribution in [0.1, 0.15) is 37.5 Å². The zero-order valence-corrected chi connectivity index (χ0v) is 10.1. The smallest absolute Gasteiger partial charge is 0.320 e. The second-order valence-corrected chi connectivity index (χ2v) is 4.41. The number of tetrazole rings is 1. The van der Waals surface area contributed by atoms with Gasteiger partial charge >= 0.3 is 5.97 Å². The summed E-state index contributed by atoms with van der Waals surface area (Å²) in [7, 11) is 0. The lowest BCUT2D eigenvalue weighted by atomic mass is 10.2. The molecule has 18 heavy (non-hydrogen) atoms. The Bertz CT molecular complexity index is 356. The lowest BCUT2D eigenvalue weighted by molar-refractivity contribution is -0.139. The molecular weight excluding hydrogens is 236 g/mol. The number of carboxylic acid groups (broad SMARTS) is 1. The number of nitrogens with zero attached hydrogens (tertiary/aromatic N) is 3. The van der Waals surface area contributed by atoms with Crippen molar-refractivity contribution >= 4 is 5.97 Å². The van der Waals surface area contributed by atoms with Crippen molar-refractivity contribution in [1.82, 2.24) is 31.3 Å². The fraction of sp³-hybridized carbons (Fsp3) is 0.800. The van der Waals surface area contributed by atoms with Crippen LogP contribution in [0.15, 0.2) is 0 Å². The summed E-state index contributed by atoms with van der Waals surface area (Å²) in [6.45, 7) is 1.93. The quantitative estimate of drug-likeness (QED) is 0.559. The number of aliphatic carboxylic acids is 1. The molecule has 4 N–H and O–H groups in total. The van der Waals surface area contributed by atoms with Gasteiger partial charge in [-0.3, -0.25) is 4.79 Å². The topological polar surface area (TPSA) is 116 Å². The monoisotopic (exact) mass is 254 g/mol. The van der Waals surface area contributed by atoms with Crippen LogP contribution in [0.4, 0.5) is 0 Å². The maximum Gasteiger partial charge on any atom is 0.320 e. The predicted octanol–water partition coefficient (Wildman–Crippen LogP) is -0.553. The third-order valence-electron chi connectivity index (χ3n) is 3.09. The summed E-state index contributed by atoms with van der Waals surface area (Å²) < 4.78 is 0. The lowest BCUT2D eigenvalue weighted by Crippen LogP contribution is -2.29. The lowest BCUT2D eigenvalue weighted by Gasteiger charge is -2.00. The van der Waals surface area contributed by atoms with Crippen LogP contribution < -0.4 is 10.6 Å². The fourth-order valence-corrected chi connectivity index (χ4v) is 2.12. The first-order valence-corrected chi connectivity index (χ1v) is 6.20. The zero-order valence-electron chi connectivity index (χ0n) is 10.1. The van der Waals surface area contributed by atoms with E-state index >= 15 is 0 Å². The standard InChI is InChI=1S/C5H9N5.C5H9NO2/c1-2-4(6-3-1)5-7-9-10-8-5;7-5(8)4-2-1-3-6-4/h4,6H,1-3H2,(H,7,8,9,10);4,6H,1-3H2,(H,7,8). The van der Waals surface area contributed by atoms with E-state index in [9.17, 15) is 4.79 Å². The molecule has 8 nitrogen and oxygen atoms in total. The highest BCUT2D eigenvalue weighted by atomic mass is 16.4. The van der Waals surface area contributed by atoms with Crippen LogP contribution in [-0.4, -0.2) is 50.8 Å². The summed E-state index contributed by atoms with van der Waals surface area (Å²) >= 11 is 0. The highest BCUT2D eigenvalue weighted by Crippen LogP contribution is 2.17. The molecule has 0 aliphatic carbocycles. The number of H-pyrrole nitrogens is 1. The normalized spacial score (nSPS) is 26.7. The average Bonchev–Trinajstić information content (AvgIpc) is 3.14. The molecule has 0 amide bonds. The number of carboxylic acids is 1. The summed E-state index contributed by atoms with van der Waals surface area (Å²) in [6, 6.07) is 0.0637.